The Bertz CT molecular complexity index is 1710. The first-order valence-corrected chi connectivity index (χ1v) is 10.9. The van der Waals surface area contributed by atoms with Crippen molar-refractivity contribution in [3.63, 3.8) is 0 Å². The van der Waals surface area contributed by atoms with Crippen LogP contribution in [0.4, 0.5) is 5.69 Å². The molecular formula is C25H22N6O4. The molecule has 0 saturated carbocycles. The van der Waals surface area contributed by atoms with Gasteiger partial charge in [-0.15, -0.1) is 0 Å². The number of fused-ring (bicyclic) bond motifs is 2. The van der Waals surface area contributed by atoms with Crippen molar-refractivity contribution in [1.29, 1.82) is 5.26 Å². The highest BCUT2D eigenvalue weighted by Crippen LogP contribution is 2.22. The third-order valence-electron chi connectivity index (χ3n) is 5.71. The van der Waals surface area contributed by atoms with Crippen molar-refractivity contribution < 1.29 is 9.72 Å². The van der Waals surface area contributed by atoms with Gasteiger partial charge in [0, 0.05) is 24.4 Å². The highest BCUT2D eigenvalue weighted by atomic mass is 16.6. The quantitative estimate of drug-likeness (QED) is 0.255. The first-order valence-electron chi connectivity index (χ1n) is 10.9. The number of carbonyl (C=O) groups is 1. The van der Waals surface area contributed by atoms with Gasteiger partial charge in [0.1, 0.15) is 17.4 Å². The van der Waals surface area contributed by atoms with Crippen molar-refractivity contribution in [3.8, 4) is 6.07 Å². The van der Waals surface area contributed by atoms with Crippen molar-refractivity contribution >= 4 is 28.3 Å². The average Bonchev–Trinajstić information content (AvgIpc) is 2.81. The highest BCUT2D eigenvalue weighted by Gasteiger charge is 2.20. The first kappa shape index (κ1) is 23.5. The van der Waals surface area contributed by atoms with Crippen LogP contribution in [0.15, 0.2) is 52.4 Å². The Labute approximate surface area is 199 Å². The van der Waals surface area contributed by atoms with Crippen LogP contribution in [0.25, 0.3) is 16.7 Å². The van der Waals surface area contributed by atoms with Crippen LogP contribution in [0.5, 0.6) is 0 Å². The number of carbonyl (C=O) groups excluding carboxylic acids is 1. The Morgan fingerprint density at radius 2 is 1.97 bits per heavy atom. The molecule has 4 rings (SSSR count). The molecule has 0 atom stereocenters. The van der Waals surface area contributed by atoms with Gasteiger partial charge in [-0.05, 0) is 43.5 Å². The molecule has 0 aliphatic heterocycles. The molecule has 3 heterocycles. The maximum atomic E-state index is 13.3. The highest BCUT2D eigenvalue weighted by molar-refractivity contribution is 5.97. The molecule has 4 aromatic rings. The molecule has 35 heavy (non-hydrogen) atoms. The summed E-state index contributed by atoms with van der Waals surface area (Å²) in [4.78, 5) is 46.2. The number of hydrogen-bond donors (Lipinski definition) is 0. The molecule has 0 spiro atoms. The third kappa shape index (κ3) is 4.08. The Morgan fingerprint density at radius 1 is 1.23 bits per heavy atom. The molecule has 176 valence electrons. The number of nitrogens with zero attached hydrogens (tertiary/aromatic N) is 6. The summed E-state index contributed by atoms with van der Waals surface area (Å²) in [5.41, 5.74) is 1.33. The molecule has 10 nitrogen and oxygen atoms in total. The third-order valence-corrected chi connectivity index (χ3v) is 5.71. The molecule has 3 aromatic heterocycles. The maximum Gasteiger partial charge on any atom is 0.279 e. The van der Waals surface area contributed by atoms with Gasteiger partial charge in [0.2, 0.25) is 0 Å². The van der Waals surface area contributed by atoms with E-state index < -0.39 is 10.8 Å². The molecule has 0 aliphatic rings. The summed E-state index contributed by atoms with van der Waals surface area (Å²) in [5, 5.41) is 21.4. The molecular weight excluding hydrogens is 448 g/mol. The second-order valence-corrected chi connectivity index (χ2v) is 8.66. The van der Waals surface area contributed by atoms with Gasteiger partial charge >= 0.3 is 0 Å². The van der Waals surface area contributed by atoms with Gasteiger partial charge in [-0.2, -0.15) is 10.3 Å². The van der Waals surface area contributed by atoms with E-state index in [9.17, 15) is 25.0 Å². The van der Waals surface area contributed by atoms with E-state index in [1.54, 1.807) is 16.8 Å². The lowest BCUT2D eigenvalue weighted by Gasteiger charge is -2.15. The molecule has 0 aliphatic carbocycles. The van der Waals surface area contributed by atoms with E-state index in [4.69, 9.17) is 4.98 Å². The topological polar surface area (TPSA) is 136 Å². The predicted molar refractivity (Wildman–Crippen MR) is 129 cm³/mol. The number of nitriles is 1. The van der Waals surface area contributed by atoms with Gasteiger partial charge < -0.3 is 4.57 Å². The Balaban J connectivity index is 2.11. The van der Waals surface area contributed by atoms with Crippen LogP contribution in [0.1, 0.15) is 40.9 Å². The number of aromatic nitrogens is 3. The molecule has 0 saturated heterocycles. The first-order chi connectivity index (χ1) is 16.6. The number of hydrogen-bond acceptors (Lipinski definition) is 6. The Hall–Kier alpha value is -4.65. The van der Waals surface area contributed by atoms with Gasteiger partial charge in [0.15, 0.2) is 5.49 Å². The largest absolute Gasteiger partial charge is 0.309 e. The van der Waals surface area contributed by atoms with E-state index >= 15 is 0 Å². The van der Waals surface area contributed by atoms with Crippen LogP contribution in [0.3, 0.4) is 0 Å². The van der Waals surface area contributed by atoms with Gasteiger partial charge in [-0.3, -0.25) is 24.1 Å². The van der Waals surface area contributed by atoms with E-state index in [0.717, 1.165) is 5.56 Å². The van der Waals surface area contributed by atoms with Crippen molar-refractivity contribution in [2.75, 3.05) is 0 Å². The zero-order valence-electron chi connectivity index (χ0n) is 19.6. The fourth-order valence-electron chi connectivity index (χ4n) is 4.04. The molecule has 1 amide bonds. The van der Waals surface area contributed by atoms with E-state index in [2.05, 4.69) is 4.99 Å². The molecule has 1 aromatic carbocycles. The molecule has 10 heteroatoms. The minimum atomic E-state index is -0.728. The minimum Gasteiger partial charge on any atom is -0.309 e. The van der Waals surface area contributed by atoms with E-state index in [1.165, 1.54) is 35.6 Å². The van der Waals surface area contributed by atoms with Crippen molar-refractivity contribution in [2.45, 2.75) is 34.2 Å². The number of nitro benzene ring substituents is 1. The van der Waals surface area contributed by atoms with Gasteiger partial charge in [0.05, 0.1) is 21.4 Å². The number of nitro groups is 1. The lowest BCUT2D eigenvalue weighted by Crippen LogP contribution is -2.31. The Morgan fingerprint density at radius 3 is 2.63 bits per heavy atom. The summed E-state index contributed by atoms with van der Waals surface area (Å²) >= 11 is 0. The van der Waals surface area contributed by atoms with E-state index in [-0.39, 0.29) is 44.7 Å². The maximum absolute atomic E-state index is 13.3. The summed E-state index contributed by atoms with van der Waals surface area (Å²) < 4.78 is 3.03. The number of amides is 1. The predicted octanol–water partition coefficient (Wildman–Crippen LogP) is 3.44. The molecule has 0 N–H and O–H groups in total. The SMILES string of the molecule is Cc1c(C(=O)N=c2c(C#N)cc3c(=O)n4cccc(C)c4nc3n2CC(C)C)cccc1[N+](=O)[O-]. The summed E-state index contributed by atoms with van der Waals surface area (Å²) in [6.45, 7) is 7.55. The smallest absolute Gasteiger partial charge is 0.279 e. The van der Waals surface area contributed by atoms with Crippen LogP contribution in [-0.2, 0) is 6.54 Å². The lowest BCUT2D eigenvalue weighted by molar-refractivity contribution is -0.385. The van der Waals surface area contributed by atoms with Crippen LogP contribution in [-0.4, -0.2) is 24.8 Å². The van der Waals surface area contributed by atoms with Crippen LogP contribution < -0.4 is 11.0 Å². The summed E-state index contributed by atoms with van der Waals surface area (Å²) in [6.07, 6.45) is 1.61. The Kier molecular flexibility index (Phi) is 6.01. The van der Waals surface area contributed by atoms with Crippen LogP contribution >= 0.6 is 0 Å². The van der Waals surface area contributed by atoms with E-state index in [0.29, 0.717) is 17.8 Å². The number of rotatable bonds is 4. The fraction of sp³-hybridized carbons (Fsp3) is 0.240. The van der Waals surface area contributed by atoms with Gasteiger partial charge in [-0.1, -0.05) is 26.0 Å². The molecule has 0 bridgehead atoms. The van der Waals surface area contributed by atoms with Crippen molar-refractivity contribution in [3.05, 3.63) is 90.8 Å². The standard InChI is InChI=1S/C25H22N6O4/c1-14(2)13-30-22(28-24(32)18-8-5-9-20(16(18)4)31(34)35)17(12-26)11-19-23(30)27-21-15(3)7-6-10-29(21)25(19)33/h5-11,14H,13H2,1-4H3. The summed E-state index contributed by atoms with van der Waals surface area (Å²) in [5.74, 6) is -0.661. The lowest BCUT2D eigenvalue weighted by atomic mass is 10.1. The summed E-state index contributed by atoms with van der Waals surface area (Å²) in [6, 6.07) is 11.2. The average molecular weight is 470 g/mol. The van der Waals surface area contributed by atoms with Crippen molar-refractivity contribution in [1.82, 2.24) is 14.0 Å². The number of pyridine rings is 2. The molecule has 0 radical (unpaired) electrons. The van der Waals surface area contributed by atoms with Crippen LogP contribution in [0, 0.1) is 41.2 Å². The fourth-order valence-corrected chi connectivity index (χ4v) is 4.04. The second-order valence-electron chi connectivity index (χ2n) is 8.66. The molecule has 0 unspecified atom stereocenters. The zero-order chi connectivity index (χ0) is 25.4. The number of benzene rings is 1. The zero-order valence-corrected chi connectivity index (χ0v) is 19.6. The minimum absolute atomic E-state index is 0.0288. The monoisotopic (exact) mass is 470 g/mol. The van der Waals surface area contributed by atoms with Crippen LogP contribution in [0.2, 0.25) is 0 Å². The molecule has 0 fully saturated rings. The van der Waals surface area contributed by atoms with Crippen molar-refractivity contribution in [2.24, 2.45) is 10.9 Å². The van der Waals surface area contributed by atoms with Gasteiger partial charge in [0.25, 0.3) is 17.2 Å². The number of aryl methyl sites for hydroxylation is 1. The van der Waals surface area contributed by atoms with E-state index in [1.807, 2.05) is 32.9 Å². The normalized spacial score (nSPS) is 11.8. The van der Waals surface area contributed by atoms with Gasteiger partial charge in [-0.25, -0.2) is 4.98 Å². The second kappa shape index (κ2) is 8.95. The summed E-state index contributed by atoms with van der Waals surface area (Å²) in [7, 11) is 0.